The monoisotopic (exact) mass is 175 g/mol. The van der Waals surface area contributed by atoms with Crippen molar-refractivity contribution in [3.63, 3.8) is 0 Å². The lowest BCUT2D eigenvalue weighted by atomic mass is 10.3. The van der Waals surface area contributed by atoms with Crippen LogP contribution >= 0.6 is 0 Å². The molecule has 1 aliphatic heterocycles. The zero-order valence-electron chi connectivity index (χ0n) is 7.57. The summed E-state index contributed by atoms with van der Waals surface area (Å²) >= 11 is 0. The van der Waals surface area contributed by atoms with E-state index in [4.69, 9.17) is 5.73 Å². The molecule has 1 aliphatic rings. The van der Waals surface area contributed by atoms with E-state index in [1.807, 2.05) is 48.3 Å². The molecule has 3 nitrogen and oxygen atoms in total. The van der Waals surface area contributed by atoms with Crippen molar-refractivity contribution in [3.05, 3.63) is 42.1 Å². The molecule has 0 bridgehead atoms. The van der Waals surface area contributed by atoms with Crippen LogP contribution in [0.2, 0.25) is 0 Å². The molecule has 0 fully saturated rings. The predicted octanol–water partition coefficient (Wildman–Crippen LogP) is 1.20. The molecule has 1 heterocycles. The van der Waals surface area contributed by atoms with Gasteiger partial charge < -0.3 is 5.73 Å². The predicted molar refractivity (Wildman–Crippen MR) is 53.8 cm³/mol. The number of hydrogen-bond donors (Lipinski definition) is 2. The van der Waals surface area contributed by atoms with Crippen molar-refractivity contribution in [2.75, 3.05) is 5.01 Å². The highest BCUT2D eigenvalue weighted by molar-refractivity contribution is 5.52. The average molecular weight is 175 g/mol. The summed E-state index contributed by atoms with van der Waals surface area (Å²) in [6.07, 6.45) is 1.92. The van der Waals surface area contributed by atoms with Gasteiger partial charge in [-0.05, 0) is 25.1 Å². The van der Waals surface area contributed by atoms with E-state index in [1.54, 1.807) is 0 Å². The maximum atomic E-state index is 5.72. The van der Waals surface area contributed by atoms with Gasteiger partial charge in [0.05, 0.1) is 11.9 Å². The molecule has 0 aromatic heterocycles. The van der Waals surface area contributed by atoms with Crippen LogP contribution in [0.5, 0.6) is 0 Å². The van der Waals surface area contributed by atoms with E-state index < -0.39 is 0 Å². The summed E-state index contributed by atoms with van der Waals surface area (Å²) in [5, 5.41) is 1.99. The third-order valence-electron chi connectivity index (χ3n) is 2.07. The van der Waals surface area contributed by atoms with Gasteiger partial charge in [-0.15, -0.1) is 0 Å². The molecular weight excluding hydrogens is 162 g/mol. The number of hydrogen-bond acceptors (Lipinski definition) is 3. The standard InChI is InChI=1S/C10H13N3/c1-8-7-10(11)12-13(8)9-5-3-2-4-6-9/h2-7,10,12H,11H2,1H3. The molecule has 68 valence electrons. The number of nitrogens with zero attached hydrogens (tertiary/aromatic N) is 1. The second-order valence-electron chi connectivity index (χ2n) is 3.13. The number of hydrazine groups is 1. The smallest absolute Gasteiger partial charge is 0.0939 e. The molecular formula is C10H13N3. The minimum atomic E-state index is -0.0693. The fourth-order valence-electron chi connectivity index (χ4n) is 1.48. The third kappa shape index (κ3) is 1.56. The second-order valence-corrected chi connectivity index (χ2v) is 3.13. The molecule has 0 spiro atoms. The molecule has 0 saturated carbocycles. The summed E-state index contributed by atoms with van der Waals surface area (Å²) < 4.78 is 0. The summed E-state index contributed by atoms with van der Waals surface area (Å²) in [6, 6.07) is 10.1. The van der Waals surface area contributed by atoms with E-state index in [0.29, 0.717) is 0 Å². The van der Waals surface area contributed by atoms with Crippen LogP contribution < -0.4 is 16.2 Å². The topological polar surface area (TPSA) is 41.3 Å². The van der Waals surface area contributed by atoms with E-state index in [1.165, 1.54) is 0 Å². The number of rotatable bonds is 1. The lowest BCUT2D eigenvalue weighted by Crippen LogP contribution is -2.41. The van der Waals surface area contributed by atoms with Gasteiger partial charge in [0.2, 0.25) is 0 Å². The van der Waals surface area contributed by atoms with Gasteiger partial charge in [0.15, 0.2) is 0 Å². The molecule has 0 amide bonds. The molecule has 2 rings (SSSR count). The van der Waals surface area contributed by atoms with E-state index in [2.05, 4.69) is 5.43 Å². The number of nitrogens with two attached hydrogens (primary N) is 1. The molecule has 1 aromatic rings. The Labute approximate surface area is 77.8 Å². The lowest BCUT2D eigenvalue weighted by molar-refractivity contribution is 0.653. The second kappa shape index (κ2) is 3.20. The maximum absolute atomic E-state index is 5.72. The van der Waals surface area contributed by atoms with E-state index in [0.717, 1.165) is 11.4 Å². The molecule has 3 heteroatoms. The first kappa shape index (κ1) is 8.29. The highest BCUT2D eigenvalue weighted by Gasteiger charge is 2.17. The molecule has 13 heavy (non-hydrogen) atoms. The van der Waals surface area contributed by atoms with Gasteiger partial charge in [-0.1, -0.05) is 18.2 Å². The quantitative estimate of drug-likeness (QED) is 0.674. The SMILES string of the molecule is CC1=CC(N)NN1c1ccccc1. The van der Waals surface area contributed by atoms with Crippen molar-refractivity contribution in [3.8, 4) is 0 Å². The summed E-state index contributed by atoms with van der Waals surface area (Å²) in [7, 11) is 0. The Morgan fingerprint density at radius 2 is 2.00 bits per heavy atom. The Kier molecular flexibility index (Phi) is 2.04. The normalized spacial score (nSPS) is 21.8. The van der Waals surface area contributed by atoms with Crippen LogP contribution in [-0.2, 0) is 0 Å². The highest BCUT2D eigenvalue weighted by Crippen LogP contribution is 2.19. The van der Waals surface area contributed by atoms with Gasteiger partial charge in [0.1, 0.15) is 0 Å². The fourth-order valence-corrected chi connectivity index (χ4v) is 1.48. The molecule has 1 atom stereocenters. The van der Waals surface area contributed by atoms with Crippen LogP contribution in [0.1, 0.15) is 6.92 Å². The number of anilines is 1. The number of nitrogens with one attached hydrogen (secondary N) is 1. The zero-order valence-corrected chi connectivity index (χ0v) is 7.57. The van der Waals surface area contributed by atoms with Crippen molar-refractivity contribution >= 4 is 5.69 Å². The van der Waals surface area contributed by atoms with E-state index in [9.17, 15) is 0 Å². The number of para-hydroxylation sites is 1. The Morgan fingerprint density at radius 3 is 2.54 bits per heavy atom. The summed E-state index contributed by atoms with van der Waals surface area (Å²) in [4.78, 5) is 0. The fraction of sp³-hybridized carbons (Fsp3) is 0.200. The first-order valence-electron chi connectivity index (χ1n) is 4.33. The Hall–Kier alpha value is -1.32. The van der Waals surface area contributed by atoms with E-state index >= 15 is 0 Å². The van der Waals surface area contributed by atoms with Crippen molar-refractivity contribution < 1.29 is 0 Å². The van der Waals surface area contributed by atoms with Crippen LogP contribution in [0.4, 0.5) is 5.69 Å². The Balaban J connectivity index is 2.25. The summed E-state index contributed by atoms with van der Waals surface area (Å²) in [6.45, 7) is 2.03. The Bertz CT molecular complexity index is 318. The summed E-state index contributed by atoms with van der Waals surface area (Å²) in [5.41, 5.74) is 11.1. The average Bonchev–Trinajstić information content (AvgIpc) is 2.47. The van der Waals surface area contributed by atoms with Crippen molar-refractivity contribution in [2.45, 2.75) is 13.1 Å². The number of benzene rings is 1. The highest BCUT2D eigenvalue weighted by atomic mass is 15.6. The van der Waals surface area contributed by atoms with Crippen molar-refractivity contribution in [1.82, 2.24) is 5.43 Å². The molecule has 0 saturated heterocycles. The third-order valence-corrected chi connectivity index (χ3v) is 2.07. The van der Waals surface area contributed by atoms with Crippen molar-refractivity contribution in [1.29, 1.82) is 0 Å². The van der Waals surface area contributed by atoms with Crippen LogP contribution in [0.15, 0.2) is 42.1 Å². The molecule has 1 aromatic carbocycles. The lowest BCUT2D eigenvalue weighted by Gasteiger charge is -2.21. The van der Waals surface area contributed by atoms with Gasteiger partial charge in [-0.2, -0.15) is 0 Å². The summed E-state index contributed by atoms with van der Waals surface area (Å²) in [5.74, 6) is 0. The van der Waals surface area contributed by atoms with Gasteiger partial charge >= 0.3 is 0 Å². The molecule has 0 radical (unpaired) electrons. The number of allylic oxidation sites excluding steroid dienone is 1. The first-order chi connectivity index (χ1) is 6.27. The van der Waals surface area contributed by atoms with Gasteiger partial charge in [-0.3, -0.25) is 5.01 Å². The molecule has 0 aliphatic carbocycles. The largest absolute Gasteiger partial charge is 0.311 e. The first-order valence-corrected chi connectivity index (χ1v) is 4.33. The van der Waals surface area contributed by atoms with Crippen LogP contribution in [0.25, 0.3) is 0 Å². The maximum Gasteiger partial charge on any atom is 0.0939 e. The van der Waals surface area contributed by atoms with Crippen LogP contribution in [0, 0.1) is 0 Å². The van der Waals surface area contributed by atoms with Gasteiger partial charge in [0.25, 0.3) is 0 Å². The molecule has 3 N–H and O–H groups in total. The Morgan fingerprint density at radius 1 is 1.31 bits per heavy atom. The zero-order chi connectivity index (χ0) is 9.26. The van der Waals surface area contributed by atoms with E-state index in [-0.39, 0.29) is 6.17 Å². The van der Waals surface area contributed by atoms with Crippen LogP contribution in [-0.4, -0.2) is 6.17 Å². The van der Waals surface area contributed by atoms with Gasteiger partial charge in [-0.25, -0.2) is 5.43 Å². The molecule has 1 unspecified atom stereocenters. The minimum absolute atomic E-state index is 0.0693. The van der Waals surface area contributed by atoms with Gasteiger partial charge in [0, 0.05) is 5.70 Å². The minimum Gasteiger partial charge on any atom is -0.311 e. The van der Waals surface area contributed by atoms with Crippen LogP contribution in [0.3, 0.4) is 0 Å². The van der Waals surface area contributed by atoms with Crippen molar-refractivity contribution in [2.24, 2.45) is 5.73 Å².